The van der Waals surface area contributed by atoms with E-state index in [-0.39, 0.29) is 18.1 Å². The Morgan fingerprint density at radius 1 is 1.22 bits per heavy atom. The van der Waals surface area contributed by atoms with Crippen molar-refractivity contribution < 1.29 is 28.6 Å². The van der Waals surface area contributed by atoms with Crippen molar-refractivity contribution in [3.63, 3.8) is 0 Å². The van der Waals surface area contributed by atoms with E-state index in [1.54, 1.807) is 6.07 Å². The first-order chi connectivity index (χ1) is 12.9. The second kappa shape index (κ2) is 6.09. The number of ether oxygens (including phenoxy) is 3. The molecule has 0 radical (unpaired) electrons. The van der Waals surface area contributed by atoms with Gasteiger partial charge in [0.25, 0.3) is 0 Å². The first-order valence-electron chi connectivity index (χ1n) is 8.70. The van der Waals surface area contributed by atoms with Crippen LogP contribution in [0.25, 0.3) is 5.57 Å². The molecule has 0 N–H and O–H groups in total. The molecule has 0 amide bonds. The number of rotatable bonds is 4. The van der Waals surface area contributed by atoms with Crippen molar-refractivity contribution in [2.24, 2.45) is 5.41 Å². The highest BCUT2D eigenvalue weighted by Crippen LogP contribution is 2.63. The lowest BCUT2D eigenvalue weighted by Gasteiger charge is -2.34. The van der Waals surface area contributed by atoms with Crippen LogP contribution in [-0.4, -0.2) is 43.4 Å². The summed E-state index contributed by atoms with van der Waals surface area (Å²) in [6.45, 7) is 0. The van der Waals surface area contributed by atoms with Crippen molar-refractivity contribution in [2.45, 2.75) is 31.3 Å². The molecule has 3 aliphatic rings. The van der Waals surface area contributed by atoms with Crippen molar-refractivity contribution in [1.82, 2.24) is 0 Å². The maximum atomic E-state index is 12.8. The van der Waals surface area contributed by atoms with Crippen molar-refractivity contribution in [2.75, 3.05) is 20.1 Å². The Balaban J connectivity index is 1.81. The molecule has 1 spiro atoms. The average Bonchev–Trinajstić information content (AvgIpc) is 3.09. The fourth-order valence-electron chi connectivity index (χ4n) is 4.93. The first-order valence-corrected chi connectivity index (χ1v) is 9.23. The highest BCUT2D eigenvalue weighted by Gasteiger charge is 2.62. The summed E-state index contributed by atoms with van der Waals surface area (Å²) in [6, 6.07) is 3.67. The van der Waals surface area contributed by atoms with Crippen LogP contribution < -0.4 is 4.74 Å². The van der Waals surface area contributed by atoms with Gasteiger partial charge in [-0.25, -0.2) is 4.79 Å². The molecule has 7 heteroatoms. The summed E-state index contributed by atoms with van der Waals surface area (Å²) in [6.07, 6.45) is 3.47. The van der Waals surface area contributed by atoms with Crippen LogP contribution in [-0.2, 0) is 25.5 Å². The molecule has 2 unspecified atom stereocenters. The molecule has 2 bridgehead atoms. The van der Waals surface area contributed by atoms with Crippen LogP contribution in [0.4, 0.5) is 0 Å². The van der Waals surface area contributed by atoms with Gasteiger partial charge in [0, 0.05) is 24.7 Å². The van der Waals surface area contributed by atoms with Crippen LogP contribution in [0.15, 0.2) is 18.2 Å². The zero-order chi connectivity index (χ0) is 19.4. The molecule has 0 aromatic heterocycles. The molecule has 2 atom stereocenters. The Hall–Kier alpha value is -2.34. The van der Waals surface area contributed by atoms with Gasteiger partial charge >= 0.3 is 11.9 Å². The van der Waals surface area contributed by atoms with E-state index in [0.717, 1.165) is 16.7 Å². The number of hydrogen-bond donors (Lipinski definition) is 0. The lowest BCUT2D eigenvalue weighted by molar-refractivity contribution is -0.163. The highest BCUT2D eigenvalue weighted by atomic mass is 35.5. The molecule has 0 aliphatic heterocycles. The lowest BCUT2D eigenvalue weighted by Crippen LogP contribution is -2.41. The quantitative estimate of drug-likeness (QED) is 0.581. The molecule has 142 valence electrons. The van der Waals surface area contributed by atoms with Crippen molar-refractivity contribution in [3.8, 4) is 5.75 Å². The number of allylic oxidation sites excluding steroid dienone is 1. The van der Waals surface area contributed by atoms with E-state index in [2.05, 4.69) is 0 Å². The summed E-state index contributed by atoms with van der Waals surface area (Å²) < 4.78 is 15.8. The van der Waals surface area contributed by atoms with Crippen LogP contribution in [0, 0.1) is 5.41 Å². The average molecular weight is 391 g/mol. The normalized spacial score (nSPS) is 27.5. The van der Waals surface area contributed by atoms with Crippen molar-refractivity contribution in [3.05, 3.63) is 34.9 Å². The monoisotopic (exact) mass is 390 g/mol. The molecule has 4 rings (SSSR count). The minimum atomic E-state index is -1.15. The summed E-state index contributed by atoms with van der Waals surface area (Å²) in [5.74, 6) is -0.996. The Morgan fingerprint density at radius 2 is 2.00 bits per heavy atom. The molecule has 1 aromatic carbocycles. The van der Waals surface area contributed by atoms with E-state index in [1.807, 2.05) is 12.1 Å². The summed E-state index contributed by atoms with van der Waals surface area (Å²) in [5, 5.41) is 0. The number of carbonyl (C=O) groups excluding carboxylic acids is 3. The minimum absolute atomic E-state index is 0.0911. The second-order valence-corrected chi connectivity index (χ2v) is 7.59. The molecular formula is C20H19ClO6. The summed E-state index contributed by atoms with van der Waals surface area (Å²) in [7, 11) is 2.83. The molecule has 1 saturated carbocycles. The van der Waals surface area contributed by atoms with Crippen LogP contribution >= 0.6 is 11.6 Å². The Kier molecular flexibility index (Phi) is 4.07. The Bertz CT molecular complexity index is 904. The molecule has 3 aliphatic carbocycles. The van der Waals surface area contributed by atoms with Crippen LogP contribution in [0.1, 0.15) is 40.7 Å². The highest BCUT2D eigenvalue weighted by molar-refractivity contribution is 6.26. The van der Waals surface area contributed by atoms with E-state index in [1.165, 1.54) is 14.2 Å². The molecular weight excluding hydrogens is 372 g/mol. The Labute approximate surface area is 161 Å². The van der Waals surface area contributed by atoms with Crippen molar-refractivity contribution >= 4 is 34.9 Å². The van der Waals surface area contributed by atoms with E-state index >= 15 is 0 Å². The van der Waals surface area contributed by atoms with Gasteiger partial charge in [-0.15, -0.1) is 11.6 Å². The third-order valence-electron chi connectivity index (χ3n) is 5.95. The largest absolute Gasteiger partial charge is 0.496 e. The van der Waals surface area contributed by atoms with E-state index in [4.69, 9.17) is 25.8 Å². The predicted molar refractivity (Wildman–Crippen MR) is 96.8 cm³/mol. The number of Topliss-reactive ketones (excluding diaryl/α,β-unsaturated/α-hetero) is 1. The van der Waals surface area contributed by atoms with Gasteiger partial charge in [-0.3, -0.25) is 9.59 Å². The third-order valence-corrected chi connectivity index (χ3v) is 6.16. The lowest BCUT2D eigenvalue weighted by atomic mass is 9.73. The van der Waals surface area contributed by atoms with Gasteiger partial charge in [0.05, 0.1) is 14.2 Å². The first kappa shape index (κ1) is 18.0. The van der Waals surface area contributed by atoms with Crippen LogP contribution in [0.3, 0.4) is 0 Å². The van der Waals surface area contributed by atoms with Gasteiger partial charge in [-0.05, 0) is 29.2 Å². The number of benzene rings is 1. The summed E-state index contributed by atoms with van der Waals surface area (Å²) in [5.41, 5.74) is 1.57. The zero-order valence-corrected chi connectivity index (χ0v) is 15.9. The van der Waals surface area contributed by atoms with Gasteiger partial charge in [-0.1, -0.05) is 12.1 Å². The third kappa shape index (κ3) is 2.42. The summed E-state index contributed by atoms with van der Waals surface area (Å²) in [4.78, 5) is 37.0. The van der Waals surface area contributed by atoms with E-state index in [0.29, 0.717) is 30.6 Å². The standard InChI is InChI=1S/C20H19ClO6/c1-25-14-4-3-11-12(17(14)18(24)26-2)7-19-8-15(22)20(10-19,6-5-13(11)19)27-16(23)9-21/h3-5H,6-10H2,1-2H3. The molecule has 6 nitrogen and oxygen atoms in total. The maximum Gasteiger partial charge on any atom is 0.341 e. The van der Waals surface area contributed by atoms with Crippen molar-refractivity contribution in [1.29, 1.82) is 0 Å². The molecule has 0 heterocycles. The van der Waals surface area contributed by atoms with Crippen LogP contribution in [0.2, 0.25) is 0 Å². The minimum Gasteiger partial charge on any atom is -0.496 e. The SMILES string of the molecule is COC(=O)c1c(OC)ccc2c1CC13CC(=O)C(OC(=O)CCl)(CC=C21)C3. The number of alkyl halides is 1. The predicted octanol–water partition coefficient (Wildman–Crippen LogP) is 2.70. The second-order valence-electron chi connectivity index (χ2n) is 7.32. The fraction of sp³-hybridized carbons (Fsp3) is 0.450. The number of methoxy groups -OCH3 is 2. The van der Waals surface area contributed by atoms with E-state index < -0.39 is 23.0 Å². The van der Waals surface area contributed by atoms with Gasteiger partial charge in [-0.2, -0.15) is 0 Å². The number of fused-ring (bicyclic) bond motifs is 3. The number of halogens is 1. The number of ketones is 1. The summed E-state index contributed by atoms with van der Waals surface area (Å²) >= 11 is 5.57. The molecule has 1 aromatic rings. The topological polar surface area (TPSA) is 78.9 Å². The zero-order valence-electron chi connectivity index (χ0n) is 15.1. The molecule has 0 saturated heterocycles. The molecule has 1 fully saturated rings. The number of carbonyl (C=O) groups is 3. The Morgan fingerprint density at radius 3 is 2.67 bits per heavy atom. The van der Waals surface area contributed by atoms with Gasteiger partial charge in [0.1, 0.15) is 17.2 Å². The smallest absolute Gasteiger partial charge is 0.341 e. The van der Waals surface area contributed by atoms with Gasteiger partial charge in [0.15, 0.2) is 11.4 Å². The van der Waals surface area contributed by atoms with Gasteiger partial charge < -0.3 is 14.2 Å². The molecule has 27 heavy (non-hydrogen) atoms. The fourth-order valence-corrected chi connectivity index (χ4v) is 4.98. The van der Waals surface area contributed by atoms with Gasteiger partial charge in [0.2, 0.25) is 0 Å². The maximum absolute atomic E-state index is 12.8. The number of hydrogen-bond acceptors (Lipinski definition) is 6. The number of esters is 2. The van der Waals surface area contributed by atoms with Crippen LogP contribution in [0.5, 0.6) is 5.75 Å². The van der Waals surface area contributed by atoms with E-state index in [9.17, 15) is 14.4 Å².